The molecule has 2 aliphatic rings. The number of nitrogens with one attached hydrogen (secondary N) is 2. The third kappa shape index (κ3) is 4.76. The summed E-state index contributed by atoms with van der Waals surface area (Å²) in [6.45, 7) is 3.77. The Morgan fingerprint density at radius 1 is 1.09 bits per heavy atom. The van der Waals surface area contributed by atoms with Gasteiger partial charge in [0.25, 0.3) is 11.5 Å². The molecular formula is C24H25N7O3. The molecule has 0 atom stereocenters. The van der Waals surface area contributed by atoms with Gasteiger partial charge in [0, 0.05) is 37.1 Å². The van der Waals surface area contributed by atoms with Gasteiger partial charge in [0.2, 0.25) is 0 Å². The molecule has 5 rings (SSSR count). The molecule has 0 unspecified atom stereocenters. The van der Waals surface area contributed by atoms with Crippen molar-refractivity contribution in [3.05, 3.63) is 58.1 Å². The van der Waals surface area contributed by atoms with Crippen molar-refractivity contribution in [2.24, 2.45) is 0 Å². The molecule has 0 radical (unpaired) electrons. The van der Waals surface area contributed by atoms with Crippen LogP contribution in [0.3, 0.4) is 0 Å². The van der Waals surface area contributed by atoms with Gasteiger partial charge in [-0.2, -0.15) is 5.26 Å². The van der Waals surface area contributed by atoms with Gasteiger partial charge in [0.15, 0.2) is 18.2 Å². The molecule has 5 heterocycles. The van der Waals surface area contributed by atoms with Crippen molar-refractivity contribution in [3.8, 4) is 11.8 Å². The third-order valence-corrected chi connectivity index (χ3v) is 6.28. The van der Waals surface area contributed by atoms with Gasteiger partial charge in [-0.25, -0.2) is 9.97 Å². The number of fused-ring (bicyclic) bond motifs is 2. The molecule has 0 aromatic carbocycles. The van der Waals surface area contributed by atoms with Gasteiger partial charge in [0.1, 0.15) is 17.4 Å². The Morgan fingerprint density at radius 3 is 2.74 bits per heavy atom. The molecule has 0 saturated carbocycles. The van der Waals surface area contributed by atoms with Crippen molar-refractivity contribution >= 4 is 22.8 Å². The van der Waals surface area contributed by atoms with Crippen LogP contribution in [0.5, 0.6) is 5.75 Å². The molecule has 2 aliphatic heterocycles. The number of amides is 1. The first-order valence-electron chi connectivity index (χ1n) is 11.4. The van der Waals surface area contributed by atoms with Crippen LogP contribution >= 0.6 is 0 Å². The zero-order chi connectivity index (χ0) is 23.5. The van der Waals surface area contributed by atoms with Crippen LogP contribution in [0.4, 0.5) is 5.82 Å². The number of pyridine rings is 3. The van der Waals surface area contributed by atoms with Gasteiger partial charge < -0.3 is 20.3 Å². The van der Waals surface area contributed by atoms with Crippen molar-refractivity contribution in [2.45, 2.75) is 32.0 Å². The number of hydrogen-bond acceptors (Lipinski definition) is 8. The van der Waals surface area contributed by atoms with Crippen molar-refractivity contribution in [2.75, 3.05) is 31.6 Å². The zero-order valence-corrected chi connectivity index (χ0v) is 18.7. The number of carbonyl (C=O) groups is 1. The average Bonchev–Trinajstić information content (AvgIpc) is 2.87. The predicted octanol–water partition coefficient (Wildman–Crippen LogP) is 1.25. The fourth-order valence-corrected chi connectivity index (χ4v) is 4.39. The lowest BCUT2D eigenvalue weighted by atomic mass is 10.0. The lowest BCUT2D eigenvalue weighted by Crippen LogP contribution is -2.43. The van der Waals surface area contributed by atoms with Crippen LogP contribution in [-0.4, -0.2) is 57.6 Å². The maximum Gasteiger partial charge on any atom is 0.263 e. The number of nitrogens with zero attached hydrogens (tertiary/aromatic N) is 5. The van der Waals surface area contributed by atoms with E-state index in [1.165, 1.54) is 0 Å². The highest BCUT2D eigenvalue weighted by Crippen LogP contribution is 2.25. The number of ether oxygens (including phenoxy) is 1. The fraction of sp³-hybridized carbons (Fsp3) is 0.375. The maximum atomic E-state index is 12.5. The topological polar surface area (TPSA) is 125 Å². The quantitative estimate of drug-likeness (QED) is 0.564. The zero-order valence-electron chi connectivity index (χ0n) is 18.7. The Labute approximate surface area is 196 Å². The molecule has 3 aromatic heterocycles. The molecule has 0 bridgehead atoms. The van der Waals surface area contributed by atoms with E-state index in [1.807, 2.05) is 24.3 Å². The van der Waals surface area contributed by atoms with E-state index in [-0.39, 0.29) is 18.1 Å². The predicted molar refractivity (Wildman–Crippen MR) is 125 cm³/mol. The summed E-state index contributed by atoms with van der Waals surface area (Å²) in [5, 5.41) is 16.3. The van der Waals surface area contributed by atoms with E-state index in [2.05, 4.69) is 25.5 Å². The van der Waals surface area contributed by atoms with E-state index in [0.29, 0.717) is 42.0 Å². The van der Waals surface area contributed by atoms with Crippen LogP contribution in [0.2, 0.25) is 0 Å². The summed E-state index contributed by atoms with van der Waals surface area (Å²) in [5.74, 6) is 0.885. The van der Waals surface area contributed by atoms with Crippen LogP contribution in [-0.2, 0) is 17.9 Å². The standard InChI is InChI=1S/C24H25N7O3/c25-13-18-3-1-16-2-6-22(33)31(24(16)28-18)12-11-30-9-7-17(8-10-30)26-14-19-4-5-20-23(27-19)29-21(32)15-34-20/h1-6,17,26H,7-12,14-15H2,(H,27,29,32). The number of likely N-dealkylation sites (tertiary alicyclic amines) is 1. The molecule has 1 fully saturated rings. The van der Waals surface area contributed by atoms with Crippen LogP contribution < -0.4 is 20.9 Å². The number of piperidine rings is 1. The molecule has 0 spiro atoms. The van der Waals surface area contributed by atoms with E-state index in [9.17, 15) is 9.59 Å². The van der Waals surface area contributed by atoms with Gasteiger partial charge in [-0.05, 0) is 56.3 Å². The Morgan fingerprint density at radius 2 is 1.91 bits per heavy atom. The lowest BCUT2D eigenvalue weighted by Gasteiger charge is -2.32. The van der Waals surface area contributed by atoms with E-state index in [4.69, 9.17) is 10.00 Å². The summed E-state index contributed by atoms with van der Waals surface area (Å²) < 4.78 is 7.01. The second-order valence-electron chi connectivity index (χ2n) is 8.53. The Hall–Kier alpha value is -3.81. The van der Waals surface area contributed by atoms with Crippen LogP contribution in [0.15, 0.2) is 41.2 Å². The minimum absolute atomic E-state index is 0.0252. The summed E-state index contributed by atoms with van der Waals surface area (Å²) in [4.78, 5) is 35.1. The highest BCUT2D eigenvalue weighted by atomic mass is 16.5. The van der Waals surface area contributed by atoms with Gasteiger partial charge in [-0.1, -0.05) is 0 Å². The average molecular weight is 460 g/mol. The number of carbonyl (C=O) groups excluding carboxylic acids is 1. The molecular weight excluding hydrogens is 434 g/mol. The highest BCUT2D eigenvalue weighted by molar-refractivity contribution is 5.94. The first-order chi connectivity index (χ1) is 16.6. The summed E-state index contributed by atoms with van der Waals surface area (Å²) in [5.41, 5.74) is 1.61. The summed E-state index contributed by atoms with van der Waals surface area (Å²) in [6, 6.07) is 13.0. The molecule has 10 heteroatoms. The summed E-state index contributed by atoms with van der Waals surface area (Å²) in [7, 11) is 0. The van der Waals surface area contributed by atoms with Crippen molar-refractivity contribution in [1.82, 2.24) is 24.8 Å². The molecule has 1 amide bonds. The summed E-state index contributed by atoms with van der Waals surface area (Å²) >= 11 is 0. The van der Waals surface area contributed by atoms with Crippen LogP contribution in [0.25, 0.3) is 11.0 Å². The number of nitriles is 1. The van der Waals surface area contributed by atoms with Gasteiger partial charge >= 0.3 is 0 Å². The normalized spacial score (nSPS) is 16.5. The molecule has 1 saturated heterocycles. The van der Waals surface area contributed by atoms with E-state index in [1.54, 1.807) is 22.8 Å². The second kappa shape index (κ2) is 9.59. The summed E-state index contributed by atoms with van der Waals surface area (Å²) in [6.07, 6.45) is 1.98. The number of rotatable bonds is 6. The smallest absolute Gasteiger partial charge is 0.263 e. The number of anilines is 1. The molecule has 34 heavy (non-hydrogen) atoms. The molecule has 174 valence electrons. The van der Waals surface area contributed by atoms with Crippen LogP contribution in [0.1, 0.15) is 24.2 Å². The Balaban J connectivity index is 1.14. The monoisotopic (exact) mass is 459 g/mol. The minimum Gasteiger partial charge on any atom is -0.480 e. The molecule has 0 aliphatic carbocycles. The lowest BCUT2D eigenvalue weighted by molar-refractivity contribution is -0.118. The van der Waals surface area contributed by atoms with E-state index < -0.39 is 0 Å². The molecule has 10 nitrogen and oxygen atoms in total. The fourth-order valence-electron chi connectivity index (χ4n) is 4.39. The minimum atomic E-state index is -0.190. The van der Waals surface area contributed by atoms with E-state index in [0.717, 1.165) is 43.6 Å². The van der Waals surface area contributed by atoms with Crippen molar-refractivity contribution in [3.63, 3.8) is 0 Å². The highest BCUT2D eigenvalue weighted by Gasteiger charge is 2.21. The second-order valence-corrected chi connectivity index (χ2v) is 8.53. The van der Waals surface area contributed by atoms with Crippen molar-refractivity contribution in [1.29, 1.82) is 5.26 Å². The van der Waals surface area contributed by atoms with Crippen molar-refractivity contribution < 1.29 is 9.53 Å². The third-order valence-electron chi connectivity index (χ3n) is 6.28. The first-order valence-corrected chi connectivity index (χ1v) is 11.4. The molecule has 2 N–H and O–H groups in total. The van der Waals surface area contributed by atoms with Gasteiger partial charge in [0.05, 0.1) is 5.69 Å². The Bertz CT molecular complexity index is 1320. The number of aromatic nitrogens is 3. The largest absolute Gasteiger partial charge is 0.480 e. The van der Waals surface area contributed by atoms with E-state index >= 15 is 0 Å². The van der Waals surface area contributed by atoms with Gasteiger partial charge in [-0.15, -0.1) is 0 Å². The van der Waals surface area contributed by atoms with Gasteiger partial charge in [-0.3, -0.25) is 14.2 Å². The van der Waals surface area contributed by atoms with Crippen LogP contribution in [0, 0.1) is 11.3 Å². The number of hydrogen-bond donors (Lipinski definition) is 2. The Kier molecular flexibility index (Phi) is 6.20. The maximum absolute atomic E-state index is 12.5. The molecule has 3 aromatic rings. The first kappa shape index (κ1) is 22.0. The SMILES string of the molecule is N#Cc1ccc2ccc(=O)n(CCN3CCC(NCc4ccc5c(n4)NC(=O)CO5)CC3)c2n1.